The molecule has 1 atom stereocenters. The second-order valence-corrected chi connectivity index (χ2v) is 12.1. The average molecular weight is 536 g/mol. The van der Waals surface area contributed by atoms with Crippen molar-refractivity contribution >= 4 is 38.9 Å². The Kier molecular flexibility index (Phi) is 8.56. The maximum Gasteiger partial charge on any atom is 0.251 e. The van der Waals surface area contributed by atoms with E-state index in [4.69, 9.17) is 11.6 Å². The van der Waals surface area contributed by atoms with Crippen molar-refractivity contribution in [2.75, 3.05) is 13.1 Å². The number of carbonyl (C=O) groups excluding carboxylic acids is 1. The van der Waals surface area contributed by atoms with Crippen LogP contribution in [-0.2, 0) is 29.8 Å². The second-order valence-electron chi connectivity index (χ2n) is 8.48. The molecule has 10 heteroatoms. The third-order valence-corrected chi connectivity index (χ3v) is 9.26. The molecule has 0 bridgehead atoms. The summed E-state index contributed by atoms with van der Waals surface area (Å²) in [6.07, 6.45) is 1.92. The number of alkyl halides is 1. The van der Waals surface area contributed by atoms with Crippen LogP contribution in [0.25, 0.3) is 0 Å². The molecule has 0 aliphatic carbocycles. The molecular weight excluding hydrogens is 509 g/mol. The Labute approximate surface area is 214 Å². The largest absolute Gasteiger partial charge is 0.347 e. The number of benzene rings is 2. The first kappa shape index (κ1) is 25.8. The molecular formula is C25H27ClFN3O3S2. The van der Waals surface area contributed by atoms with Gasteiger partial charge in [-0.05, 0) is 66.9 Å². The lowest BCUT2D eigenvalue weighted by Gasteiger charge is -2.24. The van der Waals surface area contributed by atoms with Crippen LogP contribution in [0.4, 0.5) is 4.39 Å². The maximum atomic E-state index is 12.9. The van der Waals surface area contributed by atoms with Crippen LogP contribution in [0.15, 0.2) is 64.9 Å². The fourth-order valence-corrected chi connectivity index (χ4v) is 6.59. The highest BCUT2D eigenvalue weighted by Crippen LogP contribution is 2.24. The summed E-state index contributed by atoms with van der Waals surface area (Å²) in [5.74, 6) is -0.252. The van der Waals surface area contributed by atoms with Crippen molar-refractivity contribution in [3.05, 3.63) is 87.3 Å². The number of carbonyl (C=O) groups is 1. The van der Waals surface area contributed by atoms with Crippen LogP contribution in [0.3, 0.4) is 0 Å². The highest BCUT2D eigenvalue weighted by molar-refractivity contribution is 7.91. The molecule has 186 valence electrons. The Morgan fingerprint density at radius 3 is 2.49 bits per heavy atom. The van der Waals surface area contributed by atoms with E-state index in [0.29, 0.717) is 29.2 Å². The van der Waals surface area contributed by atoms with Gasteiger partial charge in [0.25, 0.3) is 5.91 Å². The number of sulfonamides is 1. The number of nitrogens with zero attached hydrogens (tertiary/aromatic N) is 1. The molecule has 1 unspecified atom stereocenters. The summed E-state index contributed by atoms with van der Waals surface area (Å²) in [4.78, 5) is 15.3. The SMILES string of the molecule is O=C(NCc1ccc(S(=O)(=O)NCC2CCCN2Cc2ccc(CF)cc2)s1)c1ccc(Cl)cc1. The first-order chi connectivity index (χ1) is 16.8. The molecule has 3 aromatic rings. The fraction of sp³-hybridized carbons (Fsp3) is 0.320. The Balaban J connectivity index is 1.30. The van der Waals surface area contributed by atoms with Gasteiger partial charge in [0, 0.05) is 34.6 Å². The summed E-state index contributed by atoms with van der Waals surface area (Å²) in [6.45, 7) is 1.68. The molecule has 1 aliphatic heterocycles. The minimum absolute atomic E-state index is 0.101. The van der Waals surface area contributed by atoms with Gasteiger partial charge in [0.15, 0.2) is 0 Å². The van der Waals surface area contributed by atoms with E-state index in [1.807, 2.05) is 12.1 Å². The van der Waals surface area contributed by atoms with Crippen LogP contribution in [-0.4, -0.2) is 38.4 Å². The summed E-state index contributed by atoms with van der Waals surface area (Å²) in [6, 6.07) is 17.4. The molecule has 1 fully saturated rings. The first-order valence-corrected chi connectivity index (χ1v) is 14.0. The fourth-order valence-electron chi connectivity index (χ4n) is 4.05. The third-order valence-electron chi connectivity index (χ3n) is 6.00. The van der Waals surface area contributed by atoms with Crippen molar-refractivity contribution in [2.45, 2.75) is 42.9 Å². The zero-order chi connectivity index (χ0) is 24.8. The quantitative estimate of drug-likeness (QED) is 0.393. The summed E-state index contributed by atoms with van der Waals surface area (Å²) in [5, 5.41) is 3.35. The zero-order valence-electron chi connectivity index (χ0n) is 19.0. The topological polar surface area (TPSA) is 78.5 Å². The highest BCUT2D eigenvalue weighted by atomic mass is 35.5. The Morgan fingerprint density at radius 1 is 1.06 bits per heavy atom. The zero-order valence-corrected chi connectivity index (χ0v) is 21.4. The molecule has 0 saturated carbocycles. The lowest BCUT2D eigenvalue weighted by atomic mass is 10.1. The van der Waals surface area contributed by atoms with Gasteiger partial charge in [0.1, 0.15) is 10.9 Å². The van der Waals surface area contributed by atoms with E-state index in [1.165, 1.54) is 0 Å². The van der Waals surface area contributed by atoms with E-state index in [1.54, 1.807) is 48.5 Å². The lowest BCUT2D eigenvalue weighted by molar-refractivity contribution is 0.0951. The molecule has 2 heterocycles. The van der Waals surface area contributed by atoms with Gasteiger partial charge in [-0.25, -0.2) is 17.5 Å². The third kappa shape index (κ3) is 6.89. The van der Waals surface area contributed by atoms with Gasteiger partial charge in [-0.2, -0.15) is 0 Å². The van der Waals surface area contributed by atoms with Crippen molar-refractivity contribution in [2.24, 2.45) is 0 Å². The number of hydrogen-bond acceptors (Lipinski definition) is 5. The van der Waals surface area contributed by atoms with Crippen LogP contribution in [0, 0.1) is 0 Å². The molecule has 1 amide bonds. The van der Waals surface area contributed by atoms with Gasteiger partial charge in [-0.3, -0.25) is 9.69 Å². The standard InChI is InChI=1S/C25H27ClFN3O3S2/c26-21-9-7-20(8-10-21)25(31)28-16-23-11-12-24(34-23)35(32,33)29-15-22-2-1-13-30(22)17-19-5-3-18(14-27)4-6-19/h3-12,22,29H,1-2,13-17H2,(H,28,31). The van der Waals surface area contributed by atoms with Gasteiger partial charge < -0.3 is 5.32 Å². The Bertz CT molecular complexity index is 1250. The van der Waals surface area contributed by atoms with E-state index in [-0.39, 0.29) is 22.7 Å². The van der Waals surface area contributed by atoms with Crippen LogP contribution in [0.1, 0.15) is 39.2 Å². The molecule has 1 aliphatic rings. The summed E-state index contributed by atoms with van der Waals surface area (Å²) < 4.78 is 41.5. The number of rotatable bonds is 10. The van der Waals surface area contributed by atoms with Gasteiger partial charge >= 0.3 is 0 Å². The number of likely N-dealkylation sites (tertiary alicyclic amines) is 1. The van der Waals surface area contributed by atoms with Gasteiger partial charge in [0.2, 0.25) is 10.0 Å². The molecule has 2 N–H and O–H groups in total. The van der Waals surface area contributed by atoms with E-state index >= 15 is 0 Å². The van der Waals surface area contributed by atoms with Crippen LogP contribution in [0.5, 0.6) is 0 Å². The minimum Gasteiger partial charge on any atom is -0.347 e. The predicted molar refractivity (Wildman–Crippen MR) is 137 cm³/mol. The van der Waals surface area contributed by atoms with Crippen molar-refractivity contribution in [1.82, 2.24) is 14.9 Å². The van der Waals surface area contributed by atoms with E-state index < -0.39 is 16.7 Å². The second kappa shape index (κ2) is 11.6. The molecule has 6 nitrogen and oxygen atoms in total. The number of amides is 1. The highest BCUT2D eigenvalue weighted by Gasteiger charge is 2.27. The number of halogens is 2. The predicted octanol–water partition coefficient (Wildman–Crippen LogP) is 4.74. The Morgan fingerprint density at radius 2 is 1.77 bits per heavy atom. The number of thiophene rings is 1. The minimum atomic E-state index is -3.65. The molecule has 0 spiro atoms. The molecule has 2 aromatic carbocycles. The number of hydrogen-bond donors (Lipinski definition) is 2. The molecule has 1 saturated heterocycles. The number of nitrogens with one attached hydrogen (secondary N) is 2. The lowest BCUT2D eigenvalue weighted by Crippen LogP contribution is -2.39. The van der Waals surface area contributed by atoms with Crippen molar-refractivity contribution in [3.63, 3.8) is 0 Å². The summed E-state index contributed by atoms with van der Waals surface area (Å²) in [7, 11) is -3.65. The smallest absolute Gasteiger partial charge is 0.251 e. The van der Waals surface area contributed by atoms with Crippen LogP contribution >= 0.6 is 22.9 Å². The van der Waals surface area contributed by atoms with Crippen molar-refractivity contribution in [1.29, 1.82) is 0 Å². The molecule has 1 aromatic heterocycles. The molecule has 4 rings (SSSR count). The van der Waals surface area contributed by atoms with E-state index in [2.05, 4.69) is 14.9 Å². The van der Waals surface area contributed by atoms with Crippen molar-refractivity contribution in [3.8, 4) is 0 Å². The first-order valence-electron chi connectivity index (χ1n) is 11.3. The maximum absolute atomic E-state index is 12.9. The summed E-state index contributed by atoms with van der Waals surface area (Å²) in [5.41, 5.74) is 2.22. The normalized spacial score (nSPS) is 16.5. The van der Waals surface area contributed by atoms with E-state index in [0.717, 1.165) is 41.2 Å². The van der Waals surface area contributed by atoms with Gasteiger partial charge in [-0.1, -0.05) is 35.9 Å². The average Bonchev–Trinajstić information content (AvgIpc) is 3.52. The van der Waals surface area contributed by atoms with E-state index in [9.17, 15) is 17.6 Å². The monoisotopic (exact) mass is 535 g/mol. The van der Waals surface area contributed by atoms with Crippen LogP contribution < -0.4 is 10.0 Å². The Hall–Kier alpha value is -2.30. The van der Waals surface area contributed by atoms with Gasteiger partial charge in [0.05, 0.1) is 6.54 Å². The van der Waals surface area contributed by atoms with Crippen molar-refractivity contribution < 1.29 is 17.6 Å². The molecule has 0 radical (unpaired) electrons. The summed E-state index contributed by atoms with van der Waals surface area (Å²) >= 11 is 6.99. The van der Waals surface area contributed by atoms with Gasteiger partial charge in [-0.15, -0.1) is 11.3 Å². The van der Waals surface area contributed by atoms with Crippen LogP contribution in [0.2, 0.25) is 5.02 Å². The molecule has 35 heavy (non-hydrogen) atoms.